The fraction of sp³-hybridized carbons (Fsp3) is 0.562. The molecule has 0 spiro atoms. The molecule has 8 heteroatoms. The molecular weight excluding hydrogens is 332 g/mol. The summed E-state index contributed by atoms with van der Waals surface area (Å²) in [6.45, 7) is 4.81. The molecular formula is C16H24N2O5S. The molecule has 0 aliphatic carbocycles. The van der Waals surface area contributed by atoms with Crippen molar-refractivity contribution < 1.29 is 22.7 Å². The number of carbonyl (C=O) groups is 1. The van der Waals surface area contributed by atoms with Gasteiger partial charge in [-0.25, -0.2) is 13.1 Å². The maximum atomic E-state index is 12.7. The summed E-state index contributed by atoms with van der Waals surface area (Å²) >= 11 is 0. The molecule has 0 saturated carbocycles. The molecule has 0 bridgehead atoms. The van der Waals surface area contributed by atoms with Gasteiger partial charge in [0.05, 0.1) is 14.2 Å². The zero-order valence-electron chi connectivity index (χ0n) is 14.5. The van der Waals surface area contributed by atoms with Crippen molar-refractivity contribution in [3.63, 3.8) is 0 Å². The molecule has 1 atom stereocenters. The van der Waals surface area contributed by atoms with Gasteiger partial charge in [-0.05, 0) is 25.0 Å². The summed E-state index contributed by atoms with van der Waals surface area (Å²) in [6.07, 6.45) is 1.01. The first-order chi connectivity index (χ1) is 11.3. The highest BCUT2D eigenvalue weighted by atomic mass is 32.2. The molecule has 1 aliphatic rings. The van der Waals surface area contributed by atoms with Crippen LogP contribution in [0.3, 0.4) is 0 Å². The second kappa shape index (κ2) is 7.40. The molecule has 2 rings (SSSR count). The molecule has 134 valence electrons. The molecule has 1 fully saturated rings. The third-order valence-corrected chi connectivity index (χ3v) is 5.54. The summed E-state index contributed by atoms with van der Waals surface area (Å²) in [7, 11) is -0.929. The number of benzene rings is 1. The van der Waals surface area contributed by atoms with E-state index in [9.17, 15) is 13.2 Å². The molecule has 7 nitrogen and oxygen atoms in total. The van der Waals surface area contributed by atoms with E-state index in [0.717, 1.165) is 12.0 Å². The Kier molecular flexibility index (Phi) is 5.71. The van der Waals surface area contributed by atoms with E-state index >= 15 is 0 Å². The average Bonchev–Trinajstić information content (AvgIpc) is 2.85. The van der Waals surface area contributed by atoms with Gasteiger partial charge in [-0.3, -0.25) is 4.79 Å². The first kappa shape index (κ1) is 18.5. The van der Waals surface area contributed by atoms with E-state index in [4.69, 9.17) is 9.47 Å². The molecule has 1 aromatic carbocycles. The van der Waals surface area contributed by atoms with Gasteiger partial charge in [0.15, 0.2) is 0 Å². The van der Waals surface area contributed by atoms with Crippen LogP contribution in [0.1, 0.15) is 25.3 Å². The number of hydrogen-bond donors (Lipinski definition) is 1. The van der Waals surface area contributed by atoms with Crippen molar-refractivity contribution in [2.75, 3.05) is 27.3 Å². The maximum absolute atomic E-state index is 12.7. The second-order valence-corrected chi connectivity index (χ2v) is 7.52. The number of hydrogen-bond acceptors (Lipinski definition) is 5. The van der Waals surface area contributed by atoms with E-state index in [1.165, 1.54) is 20.3 Å². The van der Waals surface area contributed by atoms with Gasteiger partial charge in [0.2, 0.25) is 15.9 Å². The Morgan fingerprint density at radius 1 is 1.25 bits per heavy atom. The number of ether oxygens (including phenoxy) is 2. The van der Waals surface area contributed by atoms with Gasteiger partial charge in [0, 0.05) is 31.6 Å². The summed E-state index contributed by atoms with van der Waals surface area (Å²) < 4.78 is 38.5. The number of sulfonamides is 1. The molecule has 1 amide bonds. The van der Waals surface area contributed by atoms with Gasteiger partial charge in [-0.15, -0.1) is 0 Å². The summed E-state index contributed by atoms with van der Waals surface area (Å²) in [5.74, 6) is 0.680. The number of carbonyl (C=O) groups excluding carboxylic acids is 1. The van der Waals surface area contributed by atoms with Crippen molar-refractivity contribution in [1.82, 2.24) is 9.62 Å². The summed E-state index contributed by atoms with van der Waals surface area (Å²) in [6, 6.07) is 2.62. The van der Waals surface area contributed by atoms with Crippen LogP contribution in [0.15, 0.2) is 17.0 Å². The molecule has 24 heavy (non-hydrogen) atoms. The minimum atomic E-state index is -3.83. The lowest BCUT2D eigenvalue weighted by molar-refractivity contribution is -0.127. The predicted octanol–water partition coefficient (Wildman–Crippen LogP) is 1.30. The molecule has 1 aliphatic heterocycles. The Hall–Kier alpha value is -1.80. The van der Waals surface area contributed by atoms with E-state index in [2.05, 4.69) is 4.72 Å². The molecule has 1 saturated heterocycles. The van der Waals surface area contributed by atoms with E-state index < -0.39 is 16.1 Å². The number of rotatable bonds is 7. The standard InChI is InChI=1S/C16H24N2O5S/c1-5-6-18-10-12(8-16(18)19)17-24(20,21)15-9-13(22-3)11(2)7-14(15)23-4/h7,9,12,17H,5-6,8,10H2,1-4H3. The monoisotopic (exact) mass is 356 g/mol. The highest BCUT2D eigenvalue weighted by Crippen LogP contribution is 2.32. The normalized spacial score (nSPS) is 18.1. The van der Waals surface area contributed by atoms with Crippen LogP contribution < -0.4 is 14.2 Å². The lowest BCUT2D eigenvalue weighted by atomic mass is 10.2. The van der Waals surface area contributed by atoms with Gasteiger partial charge < -0.3 is 14.4 Å². The van der Waals surface area contributed by atoms with Gasteiger partial charge in [0.25, 0.3) is 0 Å². The SMILES string of the molecule is CCCN1CC(NS(=O)(=O)c2cc(OC)c(C)cc2OC)CC1=O. The quantitative estimate of drug-likeness (QED) is 0.796. The molecule has 0 radical (unpaired) electrons. The number of aryl methyl sites for hydroxylation is 1. The third kappa shape index (κ3) is 3.81. The lowest BCUT2D eigenvalue weighted by Gasteiger charge is -2.18. The van der Waals surface area contributed by atoms with Crippen LogP contribution in [0.25, 0.3) is 0 Å². The Morgan fingerprint density at radius 2 is 1.92 bits per heavy atom. The van der Waals surface area contributed by atoms with Crippen LogP contribution >= 0.6 is 0 Å². The Morgan fingerprint density at radius 3 is 2.50 bits per heavy atom. The zero-order chi connectivity index (χ0) is 17.9. The Balaban J connectivity index is 2.26. The van der Waals surface area contributed by atoms with E-state index in [-0.39, 0.29) is 23.0 Å². The number of methoxy groups -OCH3 is 2. The molecule has 1 N–H and O–H groups in total. The number of nitrogens with zero attached hydrogens (tertiary/aromatic N) is 1. The maximum Gasteiger partial charge on any atom is 0.244 e. The van der Waals surface area contributed by atoms with E-state index in [1.54, 1.807) is 11.0 Å². The van der Waals surface area contributed by atoms with Crippen molar-refractivity contribution in [2.24, 2.45) is 0 Å². The van der Waals surface area contributed by atoms with Crippen molar-refractivity contribution in [2.45, 2.75) is 37.6 Å². The minimum absolute atomic E-state index is 0.00819. The summed E-state index contributed by atoms with van der Waals surface area (Å²) in [4.78, 5) is 13.6. The van der Waals surface area contributed by atoms with Crippen LogP contribution in [0.5, 0.6) is 11.5 Å². The first-order valence-electron chi connectivity index (χ1n) is 7.85. The van der Waals surface area contributed by atoms with Crippen molar-refractivity contribution in [3.05, 3.63) is 17.7 Å². The third-order valence-electron chi connectivity index (χ3n) is 4.00. The molecule has 0 aromatic heterocycles. The van der Waals surface area contributed by atoms with Crippen LogP contribution in [0, 0.1) is 6.92 Å². The van der Waals surface area contributed by atoms with Crippen LogP contribution in [0.4, 0.5) is 0 Å². The van der Waals surface area contributed by atoms with Gasteiger partial charge in [-0.2, -0.15) is 0 Å². The predicted molar refractivity (Wildman–Crippen MR) is 89.9 cm³/mol. The van der Waals surface area contributed by atoms with Gasteiger partial charge in [0.1, 0.15) is 16.4 Å². The minimum Gasteiger partial charge on any atom is -0.496 e. The number of amides is 1. The van der Waals surface area contributed by atoms with Crippen LogP contribution in [-0.2, 0) is 14.8 Å². The molecule has 1 heterocycles. The lowest BCUT2D eigenvalue weighted by Crippen LogP contribution is -2.37. The zero-order valence-corrected chi connectivity index (χ0v) is 15.3. The van der Waals surface area contributed by atoms with Crippen molar-refractivity contribution in [1.29, 1.82) is 0 Å². The van der Waals surface area contributed by atoms with E-state index in [1.807, 2.05) is 13.8 Å². The number of nitrogens with one attached hydrogen (secondary N) is 1. The van der Waals surface area contributed by atoms with Crippen molar-refractivity contribution in [3.8, 4) is 11.5 Å². The molecule has 1 unspecified atom stereocenters. The van der Waals surface area contributed by atoms with Crippen LogP contribution in [-0.4, -0.2) is 52.6 Å². The summed E-state index contributed by atoms with van der Waals surface area (Å²) in [5.41, 5.74) is 0.776. The molecule has 1 aromatic rings. The topological polar surface area (TPSA) is 84.9 Å². The Labute approximate surface area is 143 Å². The van der Waals surface area contributed by atoms with Crippen LogP contribution in [0.2, 0.25) is 0 Å². The highest BCUT2D eigenvalue weighted by Gasteiger charge is 2.33. The average molecular weight is 356 g/mol. The summed E-state index contributed by atoms with van der Waals surface area (Å²) in [5, 5.41) is 0. The largest absolute Gasteiger partial charge is 0.496 e. The first-order valence-corrected chi connectivity index (χ1v) is 9.33. The number of likely N-dealkylation sites (tertiary alicyclic amines) is 1. The highest BCUT2D eigenvalue weighted by molar-refractivity contribution is 7.89. The van der Waals surface area contributed by atoms with E-state index in [0.29, 0.717) is 18.8 Å². The van der Waals surface area contributed by atoms with Gasteiger partial charge in [-0.1, -0.05) is 6.92 Å². The smallest absolute Gasteiger partial charge is 0.244 e. The fourth-order valence-corrected chi connectivity index (χ4v) is 4.25. The van der Waals surface area contributed by atoms with Crippen molar-refractivity contribution >= 4 is 15.9 Å². The van der Waals surface area contributed by atoms with Gasteiger partial charge >= 0.3 is 0 Å². The second-order valence-electron chi connectivity index (χ2n) is 5.83. The fourth-order valence-electron chi connectivity index (χ4n) is 2.85. The Bertz CT molecular complexity index is 717.